The van der Waals surface area contributed by atoms with Crippen LogP contribution < -0.4 is 16.4 Å². The van der Waals surface area contributed by atoms with Crippen LogP contribution in [0.25, 0.3) is 21.7 Å². The van der Waals surface area contributed by atoms with Crippen LogP contribution in [0, 0.1) is 0 Å². The van der Waals surface area contributed by atoms with Gasteiger partial charge in [0, 0.05) is 17.3 Å². The molecule has 0 aliphatic carbocycles. The second-order valence-corrected chi connectivity index (χ2v) is 7.16. The molecule has 0 fully saturated rings. The van der Waals surface area contributed by atoms with Gasteiger partial charge >= 0.3 is 0 Å². The van der Waals surface area contributed by atoms with Gasteiger partial charge in [-0.15, -0.1) is 0 Å². The summed E-state index contributed by atoms with van der Waals surface area (Å²) in [5, 5.41) is 12.5. The number of hydrazine groups is 1. The van der Waals surface area contributed by atoms with Crippen LogP contribution in [0.5, 0.6) is 0 Å². The highest BCUT2D eigenvalue weighted by atomic mass is 16.2. The first kappa shape index (κ1) is 20.3. The number of nitrogens with one attached hydrogen (secondary N) is 3. The number of aromatic amines is 1. The van der Waals surface area contributed by atoms with Gasteiger partial charge in [-0.2, -0.15) is 10.2 Å². The average molecular weight is 418 g/mol. The fourth-order valence-corrected chi connectivity index (χ4v) is 3.43. The number of rotatable bonds is 6. The number of para-hydroxylation sites is 1. The molecule has 3 N–H and O–H groups in total. The highest BCUT2D eigenvalue weighted by Crippen LogP contribution is 2.15. The summed E-state index contributed by atoms with van der Waals surface area (Å²) in [6, 6.07) is 14.0. The van der Waals surface area contributed by atoms with Gasteiger partial charge in [-0.05, 0) is 18.6 Å². The van der Waals surface area contributed by atoms with Crippen molar-refractivity contribution in [2.24, 2.45) is 0 Å². The number of unbranched alkanes of at least 4 members (excludes halogenated alkanes) is 2. The van der Waals surface area contributed by atoms with Gasteiger partial charge in [0.2, 0.25) is 0 Å². The molecular weight excluding hydrogens is 396 g/mol. The Bertz CT molecular complexity index is 1320. The number of hydrogen-bond donors (Lipinski definition) is 3. The van der Waals surface area contributed by atoms with Crippen LogP contribution in [-0.4, -0.2) is 31.8 Å². The predicted molar refractivity (Wildman–Crippen MR) is 117 cm³/mol. The van der Waals surface area contributed by atoms with Crippen molar-refractivity contribution < 1.29 is 9.59 Å². The highest BCUT2D eigenvalue weighted by molar-refractivity contribution is 6.08. The third kappa shape index (κ3) is 4.02. The normalized spacial score (nSPS) is 11.0. The summed E-state index contributed by atoms with van der Waals surface area (Å²) in [7, 11) is 0. The molecule has 0 spiro atoms. The van der Waals surface area contributed by atoms with E-state index in [0.29, 0.717) is 28.2 Å². The van der Waals surface area contributed by atoms with E-state index in [1.807, 2.05) is 6.07 Å². The summed E-state index contributed by atoms with van der Waals surface area (Å²) in [4.78, 5) is 38.1. The van der Waals surface area contributed by atoms with E-state index in [9.17, 15) is 14.4 Å². The van der Waals surface area contributed by atoms with Crippen LogP contribution in [0.2, 0.25) is 0 Å². The number of amides is 2. The fraction of sp³-hybridized carbons (Fsp3) is 0.227. The molecule has 0 radical (unpaired) electrons. The van der Waals surface area contributed by atoms with Crippen LogP contribution in [0.3, 0.4) is 0 Å². The van der Waals surface area contributed by atoms with Crippen molar-refractivity contribution in [3.05, 3.63) is 70.3 Å². The van der Waals surface area contributed by atoms with Gasteiger partial charge in [-0.1, -0.05) is 56.2 Å². The quantitative estimate of drug-likeness (QED) is 0.328. The Morgan fingerprint density at radius 3 is 2.29 bits per heavy atom. The van der Waals surface area contributed by atoms with Gasteiger partial charge in [-0.3, -0.25) is 30.3 Å². The van der Waals surface area contributed by atoms with E-state index in [1.165, 1.54) is 4.68 Å². The lowest BCUT2D eigenvalue weighted by molar-refractivity contribution is 0.0841. The summed E-state index contributed by atoms with van der Waals surface area (Å²) in [6.45, 7) is 2.49. The molecule has 2 aromatic carbocycles. The molecule has 0 saturated carbocycles. The van der Waals surface area contributed by atoms with Crippen molar-refractivity contribution in [1.29, 1.82) is 0 Å². The number of nitrogens with zero attached hydrogens (tertiary/aromatic N) is 3. The lowest BCUT2D eigenvalue weighted by Gasteiger charge is -2.11. The zero-order chi connectivity index (χ0) is 21.8. The topological polar surface area (TPSA) is 122 Å². The maximum absolute atomic E-state index is 12.9. The third-order valence-electron chi connectivity index (χ3n) is 5.03. The number of hydrogen-bond acceptors (Lipinski definition) is 5. The Labute approximate surface area is 177 Å². The van der Waals surface area contributed by atoms with Crippen molar-refractivity contribution in [2.45, 2.75) is 32.7 Å². The van der Waals surface area contributed by atoms with Crippen LogP contribution in [0.4, 0.5) is 0 Å². The third-order valence-corrected chi connectivity index (χ3v) is 5.03. The molecule has 0 bridgehead atoms. The minimum absolute atomic E-state index is 0.0684. The van der Waals surface area contributed by atoms with Crippen molar-refractivity contribution in [3.63, 3.8) is 0 Å². The molecule has 0 aliphatic rings. The Morgan fingerprint density at radius 1 is 0.903 bits per heavy atom. The number of fused-ring (bicyclic) bond motifs is 2. The second kappa shape index (κ2) is 8.78. The van der Waals surface area contributed by atoms with E-state index >= 15 is 0 Å². The molecule has 0 saturated heterocycles. The molecule has 9 nitrogen and oxygen atoms in total. The van der Waals surface area contributed by atoms with Crippen LogP contribution in [-0.2, 0) is 6.54 Å². The van der Waals surface area contributed by atoms with Crippen LogP contribution >= 0.6 is 0 Å². The minimum Gasteiger partial charge on any atom is -0.277 e. The molecule has 31 heavy (non-hydrogen) atoms. The zero-order valence-electron chi connectivity index (χ0n) is 17.0. The van der Waals surface area contributed by atoms with Crippen molar-refractivity contribution in [3.8, 4) is 0 Å². The first-order valence-electron chi connectivity index (χ1n) is 10.1. The summed E-state index contributed by atoms with van der Waals surface area (Å²) in [5.41, 5.74) is 5.47. The van der Waals surface area contributed by atoms with Gasteiger partial charge in [0.1, 0.15) is 0 Å². The number of carbonyl (C=O) groups excluding carboxylic acids is 2. The maximum atomic E-state index is 12.9. The van der Waals surface area contributed by atoms with E-state index in [1.54, 1.807) is 42.5 Å². The molecule has 4 rings (SSSR count). The monoisotopic (exact) mass is 418 g/mol. The van der Waals surface area contributed by atoms with Crippen LogP contribution in [0.1, 0.15) is 47.2 Å². The molecule has 0 unspecified atom stereocenters. The molecule has 4 aromatic rings. The fourth-order valence-electron chi connectivity index (χ4n) is 3.43. The maximum Gasteiger partial charge on any atom is 0.290 e. The van der Waals surface area contributed by atoms with E-state index in [4.69, 9.17) is 0 Å². The first-order chi connectivity index (χ1) is 15.1. The minimum atomic E-state index is -0.617. The van der Waals surface area contributed by atoms with Gasteiger partial charge in [0.05, 0.1) is 10.9 Å². The summed E-state index contributed by atoms with van der Waals surface area (Å²) in [6.07, 6.45) is 2.74. The zero-order valence-corrected chi connectivity index (χ0v) is 17.0. The lowest BCUT2D eigenvalue weighted by atomic mass is 10.1. The van der Waals surface area contributed by atoms with E-state index in [2.05, 4.69) is 33.1 Å². The van der Waals surface area contributed by atoms with Gasteiger partial charge in [0.25, 0.3) is 17.4 Å². The Balaban J connectivity index is 1.59. The lowest BCUT2D eigenvalue weighted by Crippen LogP contribution is -2.43. The Morgan fingerprint density at radius 2 is 1.55 bits per heavy atom. The van der Waals surface area contributed by atoms with Gasteiger partial charge < -0.3 is 0 Å². The summed E-state index contributed by atoms with van der Waals surface area (Å²) < 4.78 is 1.32. The average Bonchev–Trinajstić information content (AvgIpc) is 3.23. The van der Waals surface area contributed by atoms with Crippen molar-refractivity contribution >= 4 is 33.5 Å². The van der Waals surface area contributed by atoms with E-state index in [-0.39, 0.29) is 16.9 Å². The van der Waals surface area contributed by atoms with Crippen LogP contribution in [0.15, 0.2) is 53.3 Å². The molecule has 0 aliphatic heterocycles. The smallest absolute Gasteiger partial charge is 0.277 e. The van der Waals surface area contributed by atoms with E-state index < -0.39 is 11.8 Å². The highest BCUT2D eigenvalue weighted by Gasteiger charge is 2.19. The van der Waals surface area contributed by atoms with Crippen molar-refractivity contribution in [2.75, 3.05) is 0 Å². The Hall–Kier alpha value is -4.01. The standard InChI is InChI=1S/C22H22N6O3/c1-2-3-8-13-28-22(31)15-10-5-4-9-14(15)19(27-28)21(30)26-25-20(29)18-16-11-6-7-12-17(16)23-24-18/h4-7,9-12H,2-3,8,13H2,1H3,(H,23,24)(H,25,29)(H,26,30). The molecule has 2 amide bonds. The van der Waals surface area contributed by atoms with Crippen molar-refractivity contribution in [1.82, 2.24) is 30.8 Å². The number of benzene rings is 2. The van der Waals surface area contributed by atoms with Gasteiger partial charge in [-0.25, -0.2) is 4.68 Å². The first-order valence-corrected chi connectivity index (χ1v) is 10.1. The van der Waals surface area contributed by atoms with Gasteiger partial charge in [0.15, 0.2) is 11.4 Å². The summed E-state index contributed by atoms with van der Waals surface area (Å²) in [5.74, 6) is -1.18. The second-order valence-electron chi connectivity index (χ2n) is 7.16. The van der Waals surface area contributed by atoms with E-state index in [0.717, 1.165) is 19.3 Å². The molecule has 0 atom stereocenters. The largest absolute Gasteiger partial charge is 0.290 e. The molecule has 158 valence electrons. The SMILES string of the molecule is CCCCCn1nc(C(=O)NNC(=O)c2n[nH]c3ccccc23)c2ccccc2c1=O. The number of aryl methyl sites for hydroxylation is 1. The number of H-pyrrole nitrogens is 1. The molecule has 2 heterocycles. The number of carbonyl (C=O) groups is 2. The number of aromatic nitrogens is 4. The predicted octanol–water partition coefficient (Wildman–Crippen LogP) is 2.54. The summed E-state index contributed by atoms with van der Waals surface area (Å²) >= 11 is 0. The molecular formula is C22H22N6O3. The Kier molecular flexibility index (Phi) is 5.74. The molecule has 9 heteroatoms. The molecule has 2 aromatic heterocycles.